The standard InChI is InChI=1S/C21H24ClN3O5S.ClH/c1-21(2,3)30-24-19(26)14-6-9-18-17(10-14)25(11-13-4-7-15(22)8-5-13)20(27)16(23)12-31(18,28)29;/h4-10,16H,11-12,23H2,1-3H3,(H,24,26);1H/t16-;/m0./s1. The second-order valence-electron chi connectivity index (χ2n) is 8.27. The summed E-state index contributed by atoms with van der Waals surface area (Å²) in [5, 5.41) is 0.531. The Labute approximate surface area is 198 Å². The molecule has 0 unspecified atom stereocenters. The molecule has 1 heterocycles. The van der Waals surface area contributed by atoms with Crippen molar-refractivity contribution in [3.05, 3.63) is 58.6 Å². The van der Waals surface area contributed by atoms with E-state index in [1.54, 1.807) is 45.0 Å². The Morgan fingerprint density at radius 3 is 2.44 bits per heavy atom. The fraction of sp³-hybridized carbons (Fsp3) is 0.333. The maximum atomic E-state index is 13.0. The highest BCUT2D eigenvalue weighted by Gasteiger charge is 2.36. The van der Waals surface area contributed by atoms with Gasteiger partial charge in [0.15, 0.2) is 9.84 Å². The van der Waals surface area contributed by atoms with Crippen LogP contribution in [0.15, 0.2) is 47.4 Å². The highest BCUT2D eigenvalue weighted by molar-refractivity contribution is 7.91. The van der Waals surface area contributed by atoms with E-state index in [-0.39, 0.29) is 35.1 Å². The van der Waals surface area contributed by atoms with Crippen molar-refractivity contribution in [2.75, 3.05) is 10.7 Å². The molecule has 0 bridgehead atoms. The van der Waals surface area contributed by atoms with Gasteiger partial charge in [-0.2, -0.15) is 0 Å². The molecular weight excluding hydrogens is 477 g/mol. The molecular formula is C21H25Cl2N3O5S. The molecule has 11 heteroatoms. The van der Waals surface area contributed by atoms with Crippen molar-refractivity contribution in [2.45, 2.75) is 43.9 Å². The first-order valence-corrected chi connectivity index (χ1v) is 11.6. The Bertz CT molecular complexity index is 1120. The summed E-state index contributed by atoms with van der Waals surface area (Å²) in [7, 11) is -3.84. The Kier molecular flexibility index (Phi) is 7.96. The summed E-state index contributed by atoms with van der Waals surface area (Å²) in [5.74, 6) is -1.64. The summed E-state index contributed by atoms with van der Waals surface area (Å²) in [6, 6.07) is 9.62. The van der Waals surface area contributed by atoms with Crippen molar-refractivity contribution in [1.82, 2.24) is 5.48 Å². The molecule has 8 nitrogen and oxygen atoms in total. The van der Waals surface area contributed by atoms with E-state index in [0.29, 0.717) is 5.02 Å². The molecule has 1 aliphatic rings. The van der Waals surface area contributed by atoms with Gasteiger partial charge in [0.25, 0.3) is 5.91 Å². The van der Waals surface area contributed by atoms with Gasteiger partial charge in [0.1, 0.15) is 0 Å². The summed E-state index contributed by atoms with van der Waals surface area (Å²) in [6.07, 6.45) is 0. The van der Waals surface area contributed by atoms with Crippen molar-refractivity contribution in [3.8, 4) is 0 Å². The lowest BCUT2D eigenvalue weighted by molar-refractivity contribution is -0.119. The fourth-order valence-corrected chi connectivity index (χ4v) is 4.73. The van der Waals surface area contributed by atoms with E-state index in [2.05, 4.69) is 5.48 Å². The van der Waals surface area contributed by atoms with Crippen molar-refractivity contribution in [3.63, 3.8) is 0 Å². The van der Waals surface area contributed by atoms with E-state index in [1.807, 2.05) is 0 Å². The summed E-state index contributed by atoms with van der Waals surface area (Å²) in [5.41, 5.74) is 8.59. The molecule has 0 saturated carbocycles. The molecule has 0 radical (unpaired) electrons. The number of nitrogens with one attached hydrogen (secondary N) is 1. The number of rotatable bonds is 4. The topological polar surface area (TPSA) is 119 Å². The quantitative estimate of drug-likeness (QED) is 0.621. The number of anilines is 1. The molecule has 0 aliphatic carbocycles. The average molecular weight is 502 g/mol. The lowest BCUT2D eigenvalue weighted by Crippen LogP contribution is -2.45. The third-order valence-electron chi connectivity index (χ3n) is 4.53. The van der Waals surface area contributed by atoms with Crippen LogP contribution in [0.25, 0.3) is 0 Å². The summed E-state index contributed by atoms with van der Waals surface area (Å²) in [6.45, 7) is 5.37. The molecule has 0 aromatic heterocycles. The highest BCUT2D eigenvalue weighted by atomic mass is 35.5. The monoisotopic (exact) mass is 501 g/mol. The first-order valence-electron chi connectivity index (χ1n) is 9.54. The van der Waals surface area contributed by atoms with Crippen molar-refractivity contribution in [1.29, 1.82) is 0 Å². The summed E-state index contributed by atoms with van der Waals surface area (Å²) < 4.78 is 25.7. The minimum atomic E-state index is -3.84. The van der Waals surface area contributed by atoms with E-state index in [4.69, 9.17) is 22.2 Å². The first kappa shape index (κ1) is 26.1. The third kappa shape index (κ3) is 5.99. The number of sulfone groups is 1. The Morgan fingerprint density at radius 2 is 1.84 bits per heavy atom. The number of carbonyl (C=O) groups excluding carboxylic acids is 2. The molecule has 2 amide bonds. The normalized spacial score (nSPS) is 17.7. The van der Waals surface area contributed by atoms with Gasteiger partial charge in [-0.15, -0.1) is 12.4 Å². The second kappa shape index (κ2) is 9.76. The van der Waals surface area contributed by atoms with Gasteiger partial charge in [-0.3, -0.25) is 14.4 Å². The number of hydrogen-bond donors (Lipinski definition) is 2. The van der Waals surface area contributed by atoms with Crippen LogP contribution >= 0.6 is 24.0 Å². The largest absolute Gasteiger partial charge is 0.319 e. The van der Waals surface area contributed by atoms with Crippen molar-refractivity contribution < 1.29 is 22.8 Å². The number of nitrogens with two attached hydrogens (primary N) is 1. The van der Waals surface area contributed by atoms with E-state index in [1.165, 1.54) is 23.1 Å². The van der Waals surface area contributed by atoms with Crippen molar-refractivity contribution >= 4 is 51.3 Å². The molecule has 0 fully saturated rings. The number of fused-ring (bicyclic) bond motifs is 1. The zero-order chi connectivity index (χ0) is 23.0. The van der Waals surface area contributed by atoms with E-state index in [9.17, 15) is 18.0 Å². The van der Waals surface area contributed by atoms with Gasteiger partial charge in [0.2, 0.25) is 5.91 Å². The number of hydrogen-bond acceptors (Lipinski definition) is 6. The number of amides is 2. The highest BCUT2D eigenvalue weighted by Crippen LogP contribution is 2.32. The van der Waals surface area contributed by atoms with Crippen LogP contribution in [0.2, 0.25) is 5.02 Å². The van der Waals surface area contributed by atoms with Crippen LogP contribution < -0.4 is 16.1 Å². The first-order chi connectivity index (χ1) is 14.4. The summed E-state index contributed by atoms with van der Waals surface area (Å²) >= 11 is 5.93. The summed E-state index contributed by atoms with van der Waals surface area (Å²) in [4.78, 5) is 32.1. The number of benzene rings is 2. The van der Waals surface area contributed by atoms with Crippen LogP contribution in [0.4, 0.5) is 5.69 Å². The average Bonchev–Trinajstić information content (AvgIpc) is 2.75. The van der Waals surface area contributed by atoms with Crippen LogP contribution in [0.5, 0.6) is 0 Å². The molecule has 2 aromatic rings. The van der Waals surface area contributed by atoms with Gasteiger partial charge in [-0.1, -0.05) is 23.7 Å². The minimum Gasteiger partial charge on any atom is -0.319 e. The van der Waals surface area contributed by atoms with Crippen LogP contribution in [0.1, 0.15) is 36.7 Å². The molecule has 32 heavy (non-hydrogen) atoms. The molecule has 0 saturated heterocycles. The van der Waals surface area contributed by atoms with Crippen LogP contribution in [0.3, 0.4) is 0 Å². The molecule has 0 spiro atoms. The second-order valence-corrected chi connectivity index (χ2v) is 10.7. The Balaban J connectivity index is 0.00000363. The van der Waals surface area contributed by atoms with Gasteiger partial charge in [-0.25, -0.2) is 13.9 Å². The maximum Gasteiger partial charge on any atom is 0.274 e. The van der Waals surface area contributed by atoms with Gasteiger partial charge in [0, 0.05) is 10.6 Å². The molecule has 3 rings (SSSR count). The van der Waals surface area contributed by atoms with E-state index < -0.39 is 39.0 Å². The number of hydroxylamine groups is 1. The number of halogens is 2. The SMILES string of the molecule is CC(C)(C)ONC(=O)c1ccc2c(c1)N(Cc1ccc(Cl)cc1)C(=O)[C@@H](N)CS2(=O)=O.Cl. The van der Waals surface area contributed by atoms with Crippen LogP contribution in [0, 0.1) is 0 Å². The van der Waals surface area contributed by atoms with Crippen LogP contribution in [-0.2, 0) is 26.0 Å². The Hall–Kier alpha value is -2.17. The number of carbonyl (C=O) groups is 2. The van der Waals surface area contributed by atoms with Crippen molar-refractivity contribution in [2.24, 2.45) is 5.73 Å². The van der Waals surface area contributed by atoms with Gasteiger partial charge in [-0.05, 0) is 56.7 Å². The Morgan fingerprint density at radius 1 is 1.22 bits per heavy atom. The van der Waals surface area contributed by atoms with Gasteiger partial charge >= 0.3 is 0 Å². The zero-order valence-electron chi connectivity index (χ0n) is 17.8. The predicted molar refractivity (Wildman–Crippen MR) is 125 cm³/mol. The third-order valence-corrected chi connectivity index (χ3v) is 6.60. The number of nitrogens with zero attached hydrogens (tertiary/aromatic N) is 1. The van der Waals surface area contributed by atoms with E-state index in [0.717, 1.165) is 5.56 Å². The van der Waals surface area contributed by atoms with Gasteiger partial charge in [0.05, 0.1) is 34.5 Å². The lowest BCUT2D eigenvalue weighted by Gasteiger charge is -2.25. The molecule has 174 valence electrons. The zero-order valence-corrected chi connectivity index (χ0v) is 20.2. The molecule has 1 atom stereocenters. The smallest absolute Gasteiger partial charge is 0.274 e. The molecule has 3 N–H and O–H groups in total. The fourth-order valence-electron chi connectivity index (χ4n) is 3.04. The molecule has 2 aromatic carbocycles. The van der Waals surface area contributed by atoms with Crippen LogP contribution in [-0.4, -0.2) is 37.6 Å². The lowest BCUT2D eigenvalue weighted by atomic mass is 10.1. The molecule has 1 aliphatic heterocycles. The van der Waals surface area contributed by atoms with E-state index >= 15 is 0 Å². The maximum absolute atomic E-state index is 13.0. The minimum absolute atomic E-state index is 0. The van der Waals surface area contributed by atoms with Gasteiger partial charge < -0.3 is 10.6 Å². The predicted octanol–water partition coefficient (Wildman–Crippen LogP) is 2.87.